The second-order valence-corrected chi connectivity index (χ2v) is 8.42. The first kappa shape index (κ1) is 24.3. The number of nitrogens with one attached hydrogen (secondary N) is 2. The van der Waals surface area contributed by atoms with Gasteiger partial charge < -0.3 is 20.3 Å². The molecule has 1 saturated heterocycles. The van der Waals surface area contributed by atoms with Crippen molar-refractivity contribution >= 4 is 17.7 Å². The van der Waals surface area contributed by atoms with Crippen LogP contribution in [0.3, 0.4) is 0 Å². The molecule has 0 unspecified atom stereocenters. The highest BCUT2D eigenvalue weighted by Gasteiger charge is 2.34. The quantitative estimate of drug-likeness (QED) is 0.645. The van der Waals surface area contributed by atoms with Crippen LogP contribution in [0.2, 0.25) is 0 Å². The molecule has 1 aliphatic rings. The zero-order chi connectivity index (χ0) is 23.8. The lowest BCUT2D eigenvalue weighted by Gasteiger charge is -2.36. The zero-order valence-corrected chi connectivity index (χ0v) is 19.6. The van der Waals surface area contributed by atoms with Gasteiger partial charge in [-0.1, -0.05) is 25.1 Å². The number of hydrogen-bond donors (Lipinski definition) is 2. The average molecular weight is 452 g/mol. The van der Waals surface area contributed by atoms with Gasteiger partial charge in [-0.3, -0.25) is 14.4 Å². The van der Waals surface area contributed by atoms with Gasteiger partial charge in [0.05, 0.1) is 7.11 Å². The first-order valence-corrected chi connectivity index (χ1v) is 11.5. The molecule has 0 aromatic heterocycles. The van der Waals surface area contributed by atoms with Gasteiger partial charge >= 0.3 is 0 Å². The van der Waals surface area contributed by atoms with Gasteiger partial charge in [0.15, 0.2) is 0 Å². The molecule has 2 aromatic carbocycles. The summed E-state index contributed by atoms with van der Waals surface area (Å²) in [6.07, 6.45) is 2.10. The minimum absolute atomic E-state index is 0.0352. The van der Waals surface area contributed by atoms with E-state index in [0.717, 1.165) is 12.0 Å². The fourth-order valence-corrected chi connectivity index (χ4v) is 4.15. The maximum absolute atomic E-state index is 12.9. The van der Waals surface area contributed by atoms with Crippen LogP contribution in [0.15, 0.2) is 48.5 Å². The summed E-state index contributed by atoms with van der Waals surface area (Å²) in [4.78, 5) is 40.6. The fraction of sp³-hybridized carbons (Fsp3) is 0.423. The molecule has 7 heteroatoms. The number of benzene rings is 2. The van der Waals surface area contributed by atoms with Gasteiger partial charge in [-0.05, 0) is 68.0 Å². The monoisotopic (exact) mass is 451 g/mol. The van der Waals surface area contributed by atoms with E-state index in [4.69, 9.17) is 4.74 Å². The fourth-order valence-electron chi connectivity index (χ4n) is 4.15. The van der Waals surface area contributed by atoms with Gasteiger partial charge in [0.1, 0.15) is 11.8 Å². The summed E-state index contributed by atoms with van der Waals surface area (Å²) in [7, 11) is 1.59. The standard InChI is InChI=1S/C26H33N3O4/c1-4-15-27-25(31)23(28-24(30)22-8-6-5-7-18(22)2)19-13-16-29(17-14-19)26(32)20-9-11-21(33-3)12-10-20/h5-12,19,23H,4,13-17H2,1-3H3,(H,27,31)(H,28,30)/t23-/m1/s1. The van der Waals surface area contributed by atoms with Gasteiger partial charge in [-0.2, -0.15) is 0 Å². The van der Waals surface area contributed by atoms with Crippen LogP contribution >= 0.6 is 0 Å². The molecule has 3 rings (SSSR count). The Bertz CT molecular complexity index is 966. The summed E-state index contributed by atoms with van der Waals surface area (Å²) in [6, 6.07) is 13.8. The van der Waals surface area contributed by atoms with E-state index < -0.39 is 6.04 Å². The van der Waals surface area contributed by atoms with Crippen LogP contribution in [0.25, 0.3) is 0 Å². The van der Waals surface area contributed by atoms with Crippen molar-refractivity contribution in [1.82, 2.24) is 15.5 Å². The Morgan fingerprint density at radius 2 is 1.73 bits per heavy atom. The number of piperidine rings is 1. The molecular formula is C26H33N3O4. The van der Waals surface area contributed by atoms with Gasteiger partial charge in [0, 0.05) is 30.8 Å². The molecule has 2 aromatic rings. The predicted molar refractivity (Wildman–Crippen MR) is 127 cm³/mol. The number of nitrogens with zero attached hydrogens (tertiary/aromatic N) is 1. The minimum atomic E-state index is -0.637. The number of ether oxygens (including phenoxy) is 1. The van der Waals surface area contributed by atoms with Crippen molar-refractivity contribution in [3.05, 3.63) is 65.2 Å². The van der Waals surface area contributed by atoms with E-state index in [-0.39, 0.29) is 23.6 Å². The first-order chi connectivity index (χ1) is 15.9. The number of hydrogen-bond acceptors (Lipinski definition) is 4. The lowest BCUT2D eigenvalue weighted by Crippen LogP contribution is -2.54. The van der Waals surface area contributed by atoms with E-state index in [1.54, 1.807) is 37.4 Å². The van der Waals surface area contributed by atoms with Gasteiger partial charge in [0.2, 0.25) is 5.91 Å². The second kappa shape index (κ2) is 11.5. The van der Waals surface area contributed by atoms with Crippen LogP contribution in [-0.4, -0.2) is 55.4 Å². The third kappa shape index (κ3) is 6.12. The molecule has 0 saturated carbocycles. The summed E-state index contributed by atoms with van der Waals surface area (Å²) < 4.78 is 5.16. The van der Waals surface area contributed by atoms with Crippen LogP contribution in [0.5, 0.6) is 5.75 Å². The van der Waals surface area contributed by atoms with Crippen molar-refractivity contribution in [3.63, 3.8) is 0 Å². The van der Waals surface area contributed by atoms with Crippen LogP contribution < -0.4 is 15.4 Å². The average Bonchev–Trinajstić information content (AvgIpc) is 2.85. The number of carbonyl (C=O) groups excluding carboxylic acids is 3. The number of carbonyl (C=O) groups is 3. The van der Waals surface area contributed by atoms with E-state index in [1.165, 1.54) is 0 Å². The van der Waals surface area contributed by atoms with E-state index in [0.29, 0.717) is 49.4 Å². The van der Waals surface area contributed by atoms with E-state index in [9.17, 15) is 14.4 Å². The molecule has 0 bridgehead atoms. The topological polar surface area (TPSA) is 87.7 Å². The zero-order valence-electron chi connectivity index (χ0n) is 19.6. The van der Waals surface area contributed by atoms with Gasteiger partial charge in [-0.25, -0.2) is 0 Å². The molecule has 176 valence electrons. The van der Waals surface area contributed by atoms with Gasteiger partial charge in [-0.15, -0.1) is 0 Å². The molecule has 1 atom stereocenters. The highest BCUT2D eigenvalue weighted by molar-refractivity contribution is 5.98. The Balaban J connectivity index is 1.67. The van der Waals surface area contributed by atoms with E-state index in [2.05, 4.69) is 10.6 Å². The van der Waals surface area contributed by atoms with E-state index >= 15 is 0 Å². The molecular weight excluding hydrogens is 418 g/mol. The Kier molecular flexibility index (Phi) is 8.46. The third-order valence-electron chi connectivity index (χ3n) is 6.14. The molecule has 0 aliphatic carbocycles. The summed E-state index contributed by atoms with van der Waals surface area (Å²) >= 11 is 0. The minimum Gasteiger partial charge on any atom is -0.497 e. The number of likely N-dealkylation sites (tertiary alicyclic amines) is 1. The van der Waals surface area contributed by atoms with Crippen molar-refractivity contribution in [3.8, 4) is 5.75 Å². The highest BCUT2D eigenvalue weighted by Crippen LogP contribution is 2.24. The first-order valence-electron chi connectivity index (χ1n) is 11.5. The van der Waals surface area contributed by atoms with E-state index in [1.807, 2.05) is 36.9 Å². The number of aryl methyl sites for hydroxylation is 1. The summed E-state index contributed by atoms with van der Waals surface area (Å²) in [6.45, 7) is 5.50. The van der Waals surface area contributed by atoms with Crippen molar-refractivity contribution in [2.45, 2.75) is 39.2 Å². The Morgan fingerprint density at radius 3 is 2.33 bits per heavy atom. The van der Waals surface area contributed by atoms with Crippen LogP contribution in [0, 0.1) is 12.8 Å². The summed E-state index contributed by atoms with van der Waals surface area (Å²) in [5.74, 6) is 0.206. The molecule has 1 fully saturated rings. The maximum atomic E-state index is 12.9. The van der Waals surface area contributed by atoms with Crippen LogP contribution in [0.1, 0.15) is 52.5 Å². The normalized spacial score (nSPS) is 14.9. The Morgan fingerprint density at radius 1 is 1.06 bits per heavy atom. The SMILES string of the molecule is CCCNC(=O)[C@H](NC(=O)c1ccccc1C)C1CCN(C(=O)c2ccc(OC)cc2)CC1. The van der Waals surface area contributed by atoms with Crippen LogP contribution in [0.4, 0.5) is 0 Å². The molecule has 2 N–H and O–H groups in total. The smallest absolute Gasteiger partial charge is 0.253 e. The summed E-state index contributed by atoms with van der Waals surface area (Å²) in [5.41, 5.74) is 2.04. The van der Waals surface area contributed by atoms with Crippen molar-refractivity contribution < 1.29 is 19.1 Å². The summed E-state index contributed by atoms with van der Waals surface area (Å²) in [5, 5.41) is 5.90. The molecule has 3 amide bonds. The Labute approximate surface area is 195 Å². The largest absolute Gasteiger partial charge is 0.497 e. The molecule has 0 radical (unpaired) electrons. The molecule has 1 heterocycles. The van der Waals surface area contributed by atoms with Gasteiger partial charge in [0.25, 0.3) is 11.8 Å². The van der Waals surface area contributed by atoms with Crippen molar-refractivity contribution in [2.24, 2.45) is 5.92 Å². The van der Waals surface area contributed by atoms with Crippen molar-refractivity contribution in [1.29, 1.82) is 0 Å². The molecule has 33 heavy (non-hydrogen) atoms. The number of amides is 3. The number of rotatable bonds is 8. The molecule has 7 nitrogen and oxygen atoms in total. The number of methoxy groups -OCH3 is 1. The molecule has 0 spiro atoms. The molecule has 1 aliphatic heterocycles. The highest BCUT2D eigenvalue weighted by atomic mass is 16.5. The van der Waals surface area contributed by atoms with Crippen molar-refractivity contribution in [2.75, 3.05) is 26.7 Å². The second-order valence-electron chi connectivity index (χ2n) is 8.42. The lowest BCUT2D eigenvalue weighted by atomic mass is 9.88. The predicted octanol–water partition coefficient (Wildman–Crippen LogP) is 3.18. The van der Waals surface area contributed by atoms with Crippen LogP contribution in [-0.2, 0) is 4.79 Å². The lowest BCUT2D eigenvalue weighted by molar-refractivity contribution is -0.124. The third-order valence-corrected chi connectivity index (χ3v) is 6.14. The maximum Gasteiger partial charge on any atom is 0.253 e. The Hall–Kier alpha value is -3.35.